The van der Waals surface area contributed by atoms with Crippen molar-refractivity contribution in [2.75, 3.05) is 5.32 Å². The first-order valence-corrected chi connectivity index (χ1v) is 5.40. The van der Waals surface area contributed by atoms with Crippen molar-refractivity contribution >= 4 is 27.7 Å². The summed E-state index contributed by atoms with van der Waals surface area (Å²) in [6.07, 6.45) is 5.13. The molecule has 0 radical (unpaired) electrons. The fraction of sp³-hybridized carbons (Fsp3) is 0.222. The number of carbonyl (C=O) groups excluding carboxylic acids is 1. The summed E-state index contributed by atoms with van der Waals surface area (Å²) in [5, 5.41) is 10.7. The highest BCUT2D eigenvalue weighted by molar-refractivity contribution is 9.10. The number of aryl methyl sites for hydroxylation is 1. The lowest BCUT2D eigenvalue weighted by molar-refractivity contribution is -0.116. The number of rotatable bonds is 3. The number of hydrogen-bond acceptors (Lipinski definition) is 3. The molecule has 0 spiro atoms. The number of carbonyl (C=O) groups is 1. The van der Waals surface area contributed by atoms with E-state index in [1.807, 2.05) is 0 Å². The van der Waals surface area contributed by atoms with Gasteiger partial charge in [-0.15, -0.1) is 0 Å². The van der Waals surface area contributed by atoms with E-state index in [2.05, 4.69) is 31.4 Å². The highest BCUT2D eigenvalue weighted by Crippen LogP contribution is 2.06. The fourth-order valence-electron chi connectivity index (χ4n) is 1.24. The molecule has 0 aliphatic rings. The lowest BCUT2D eigenvalue weighted by Crippen LogP contribution is -2.19. The van der Waals surface area contributed by atoms with E-state index in [0.29, 0.717) is 5.82 Å². The number of hydrogen-bond donors (Lipinski definition) is 1. The highest BCUT2D eigenvalue weighted by Gasteiger charge is 2.06. The molecule has 2 aromatic rings. The summed E-state index contributed by atoms with van der Waals surface area (Å²) in [4.78, 5) is 11.6. The molecule has 0 saturated heterocycles. The van der Waals surface area contributed by atoms with Crippen LogP contribution in [0.4, 0.5) is 5.82 Å². The van der Waals surface area contributed by atoms with E-state index in [9.17, 15) is 4.79 Å². The average molecular weight is 284 g/mol. The van der Waals surface area contributed by atoms with Crippen LogP contribution in [0.1, 0.15) is 0 Å². The molecular weight excluding hydrogens is 274 g/mol. The second-order valence-corrected chi connectivity index (χ2v) is 4.19. The number of nitrogens with zero attached hydrogens (tertiary/aromatic N) is 4. The third-order valence-electron chi connectivity index (χ3n) is 1.89. The van der Waals surface area contributed by atoms with Gasteiger partial charge in [-0.25, -0.2) is 0 Å². The zero-order valence-corrected chi connectivity index (χ0v) is 10.2. The Morgan fingerprint density at radius 3 is 3.00 bits per heavy atom. The first-order chi connectivity index (χ1) is 7.63. The Morgan fingerprint density at radius 2 is 2.44 bits per heavy atom. The van der Waals surface area contributed by atoms with E-state index in [0.717, 1.165) is 4.47 Å². The van der Waals surface area contributed by atoms with Crippen LogP contribution in [0.5, 0.6) is 0 Å². The lowest BCUT2D eigenvalue weighted by atomic mass is 10.5. The van der Waals surface area contributed by atoms with Crippen molar-refractivity contribution in [3.8, 4) is 0 Å². The van der Waals surface area contributed by atoms with E-state index in [4.69, 9.17) is 0 Å². The molecule has 6 nitrogen and oxygen atoms in total. The first kappa shape index (κ1) is 10.9. The molecule has 1 N–H and O–H groups in total. The van der Waals surface area contributed by atoms with Crippen molar-refractivity contribution in [2.24, 2.45) is 7.05 Å². The van der Waals surface area contributed by atoms with E-state index < -0.39 is 0 Å². The monoisotopic (exact) mass is 283 g/mol. The van der Waals surface area contributed by atoms with Gasteiger partial charge in [0.1, 0.15) is 6.54 Å². The van der Waals surface area contributed by atoms with Crippen LogP contribution in [-0.2, 0) is 18.4 Å². The van der Waals surface area contributed by atoms with Crippen molar-refractivity contribution < 1.29 is 4.79 Å². The molecule has 1 amide bonds. The summed E-state index contributed by atoms with van der Waals surface area (Å²) in [7, 11) is 1.79. The molecule has 0 aliphatic carbocycles. The minimum absolute atomic E-state index is 0.158. The molecule has 0 atom stereocenters. The molecule has 0 saturated carbocycles. The van der Waals surface area contributed by atoms with E-state index in [1.165, 1.54) is 0 Å². The topological polar surface area (TPSA) is 64.7 Å². The largest absolute Gasteiger partial charge is 0.308 e. The summed E-state index contributed by atoms with van der Waals surface area (Å²) in [5.74, 6) is 0.382. The third-order valence-corrected chi connectivity index (χ3v) is 2.30. The number of amides is 1. The van der Waals surface area contributed by atoms with Crippen LogP contribution in [0, 0.1) is 0 Å². The number of anilines is 1. The Labute approximate surface area is 100 Å². The van der Waals surface area contributed by atoms with Gasteiger partial charge in [-0.2, -0.15) is 10.2 Å². The van der Waals surface area contributed by atoms with Crippen LogP contribution in [0.3, 0.4) is 0 Å². The Bertz CT molecular complexity index is 459. The maximum absolute atomic E-state index is 11.6. The summed E-state index contributed by atoms with van der Waals surface area (Å²) >= 11 is 3.26. The molecular formula is C9H10BrN5O. The van der Waals surface area contributed by atoms with Crippen molar-refractivity contribution in [1.29, 1.82) is 0 Å². The van der Waals surface area contributed by atoms with Gasteiger partial charge < -0.3 is 5.32 Å². The fourth-order valence-corrected chi connectivity index (χ4v) is 1.56. The summed E-state index contributed by atoms with van der Waals surface area (Å²) in [5.41, 5.74) is 0. The van der Waals surface area contributed by atoms with Crippen LogP contribution in [0.2, 0.25) is 0 Å². The van der Waals surface area contributed by atoms with Crippen LogP contribution in [0.15, 0.2) is 29.1 Å². The molecule has 2 rings (SSSR count). The third kappa shape index (κ3) is 2.69. The standard InChI is InChI=1S/C9H10BrN5O/c1-14-3-2-8(13-14)12-9(16)6-15-5-7(10)4-11-15/h2-5H,6H2,1H3,(H,12,13,16). The number of halogens is 1. The number of nitrogens with one attached hydrogen (secondary N) is 1. The van der Waals surface area contributed by atoms with E-state index in [-0.39, 0.29) is 12.5 Å². The maximum Gasteiger partial charge on any atom is 0.247 e. The predicted octanol–water partition coefficient (Wildman–Crippen LogP) is 1.02. The van der Waals surface area contributed by atoms with Crippen LogP contribution in [0.25, 0.3) is 0 Å². The minimum atomic E-state index is -0.158. The van der Waals surface area contributed by atoms with Gasteiger partial charge in [-0.05, 0) is 15.9 Å². The molecule has 84 valence electrons. The van der Waals surface area contributed by atoms with Crippen LogP contribution < -0.4 is 5.32 Å². The molecule has 0 unspecified atom stereocenters. The quantitative estimate of drug-likeness (QED) is 0.915. The Hall–Kier alpha value is -1.63. The van der Waals surface area contributed by atoms with Crippen molar-refractivity contribution in [3.05, 3.63) is 29.1 Å². The van der Waals surface area contributed by atoms with Crippen molar-refractivity contribution in [3.63, 3.8) is 0 Å². The highest BCUT2D eigenvalue weighted by atomic mass is 79.9. The van der Waals surface area contributed by atoms with E-state index >= 15 is 0 Å². The van der Waals surface area contributed by atoms with Gasteiger partial charge in [0.2, 0.25) is 5.91 Å². The van der Waals surface area contributed by atoms with E-state index in [1.54, 1.807) is 41.1 Å². The normalized spacial score (nSPS) is 10.4. The summed E-state index contributed by atoms with van der Waals surface area (Å²) in [6, 6.07) is 1.73. The summed E-state index contributed by atoms with van der Waals surface area (Å²) < 4.78 is 4.01. The minimum Gasteiger partial charge on any atom is -0.308 e. The smallest absolute Gasteiger partial charge is 0.247 e. The summed E-state index contributed by atoms with van der Waals surface area (Å²) in [6.45, 7) is 0.169. The van der Waals surface area contributed by atoms with Gasteiger partial charge in [-0.1, -0.05) is 0 Å². The Morgan fingerprint density at radius 1 is 1.62 bits per heavy atom. The van der Waals surface area contributed by atoms with Gasteiger partial charge in [0.25, 0.3) is 0 Å². The zero-order chi connectivity index (χ0) is 11.5. The Kier molecular flexibility index (Phi) is 3.04. The van der Waals surface area contributed by atoms with Gasteiger partial charge in [0, 0.05) is 25.5 Å². The molecule has 0 aliphatic heterocycles. The number of aromatic nitrogens is 4. The van der Waals surface area contributed by atoms with Crippen LogP contribution in [-0.4, -0.2) is 25.5 Å². The molecule has 2 heterocycles. The first-order valence-electron chi connectivity index (χ1n) is 4.61. The van der Waals surface area contributed by atoms with Crippen molar-refractivity contribution in [2.45, 2.75) is 6.54 Å². The van der Waals surface area contributed by atoms with Gasteiger partial charge >= 0.3 is 0 Å². The second kappa shape index (κ2) is 4.48. The predicted molar refractivity (Wildman–Crippen MR) is 61.8 cm³/mol. The second-order valence-electron chi connectivity index (χ2n) is 3.28. The lowest BCUT2D eigenvalue weighted by Gasteiger charge is -2.01. The average Bonchev–Trinajstić information content (AvgIpc) is 2.76. The Balaban J connectivity index is 1.94. The van der Waals surface area contributed by atoms with Crippen LogP contribution >= 0.6 is 15.9 Å². The SMILES string of the molecule is Cn1ccc(NC(=O)Cn2cc(Br)cn2)n1. The van der Waals surface area contributed by atoms with Gasteiger partial charge in [-0.3, -0.25) is 14.2 Å². The molecule has 0 fully saturated rings. The molecule has 2 aromatic heterocycles. The molecule has 7 heteroatoms. The zero-order valence-electron chi connectivity index (χ0n) is 8.59. The van der Waals surface area contributed by atoms with Gasteiger partial charge in [0.15, 0.2) is 5.82 Å². The maximum atomic E-state index is 11.6. The van der Waals surface area contributed by atoms with Crippen molar-refractivity contribution in [1.82, 2.24) is 19.6 Å². The molecule has 16 heavy (non-hydrogen) atoms. The van der Waals surface area contributed by atoms with Gasteiger partial charge in [0.05, 0.1) is 10.7 Å². The molecule has 0 bridgehead atoms. The molecule has 0 aromatic carbocycles.